The van der Waals surface area contributed by atoms with Crippen molar-refractivity contribution in [2.45, 2.75) is 31.7 Å². The summed E-state index contributed by atoms with van der Waals surface area (Å²) in [5.74, 6) is 8.28. The predicted molar refractivity (Wildman–Crippen MR) is 78.1 cm³/mol. The van der Waals surface area contributed by atoms with Gasteiger partial charge in [-0.25, -0.2) is 0 Å². The van der Waals surface area contributed by atoms with Crippen LogP contribution in [0.4, 0.5) is 0 Å². The highest BCUT2D eigenvalue weighted by Crippen LogP contribution is 2.43. The van der Waals surface area contributed by atoms with Gasteiger partial charge in [0, 0.05) is 6.04 Å². The van der Waals surface area contributed by atoms with Crippen LogP contribution in [0.3, 0.4) is 0 Å². The summed E-state index contributed by atoms with van der Waals surface area (Å²) in [6.07, 6.45) is 4.94. The van der Waals surface area contributed by atoms with Gasteiger partial charge in [0.05, 0.1) is 21.3 Å². The molecule has 0 aliphatic heterocycles. The average Bonchev–Trinajstić information content (AvgIpc) is 3.00. The molecule has 2 rings (SSSR count). The van der Waals surface area contributed by atoms with Crippen LogP contribution >= 0.6 is 0 Å². The Hall–Kier alpha value is -1.46. The standard InChI is InChI=1S/C15H24N2O3/c1-18-12-8-11(9-13(19-2)15(12)20-3)14(17-16)10-6-4-5-7-10/h8-10,14,17H,4-7,16H2,1-3H3. The van der Waals surface area contributed by atoms with Crippen molar-refractivity contribution >= 4 is 0 Å². The minimum Gasteiger partial charge on any atom is -0.493 e. The molecule has 1 aliphatic carbocycles. The second-order valence-corrected chi connectivity index (χ2v) is 5.15. The van der Waals surface area contributed by atoms with Gasteiger partial charge >= 0.3 is 0 Å². The number of ether oxygens (including phenoxy) is 3. The number of hydrogen-bond donors (Lipinski definition) is 2. The predicted octanol–water partition coefficient (Wildman–Crippen LogP) is 2.41. The molecule has 5 nitrogen and oxygen atoms in total. The first-order chi connectivity index (χ1) is 9.74. The van der Waals surface area contributed by atoms with Gasteiger partial charge in [0.15, 0.2) is 11.5 Å². The number of benzene rings is 1. The van der Waals surface area contributed by atoms with Crippen LogP contribution in [0.2, 0.25) is 0 Å². The monoisotopic (exact) mass is 280 g/mol. The molecule has 0 amide bonds. The number of hydrogen-bond acceptors (Lipinski definition) is 5. The van der Waals surface area contributed by atoms with E-state index in [0.717, 1.165) is 5.56 Å². The molecule has 1 aromatic rings. The van der Waals surface area contributed by atoms with Crippen LogP contribution in [-0.2, 0) is 0 Å². The number of hydrazine groups is 1. The largest absolute Gasteiger partial charge is 0.493 e. The number of methoxy groups -OCH3 is 3. The molecule has 1 saturated carbocycles. The van der Waals surface area contributed by atoms with Crippen molar-refractivity contribution in [1.82, 2.24) is 5.43 Å². The molecule has 1 unspecified atom stereocenters. The molecule has 1 aliphatic rings. The molecule has 1 aromatic carbocycles. The van der Waals surface area contributed by atoms with Crippen molar-refractivity contribution in [3.05, 3.63) is 17.7 Å². The van der Waals surface area contributed by atoms with E-state index < -0.39 is 0 Å². The van der Waals surface area contributed by atoms with Crippen LogP contribution in [0.1, 0.15) is 37.3 Å². The van der Waals surface area contributed by atoms with E-state index in [0.29, 0.717) is 23.2 Å². The van der Waals surface area contributed by atoms with E-state index in [1.54, 1.807) is 21.3 Å². The van der Waals surface area contributed by atoms with E-state index in [9.17, 15) is 0 Å². The second-order valence-electron chi connectivity index (χ2n) is 5.15. The molecule has 1 fully saturated rings. The first kappa shape index (κ1) is 14.9. The summed E-state index contributed by atoms with van der Waals surface area (Å²) in [5.41, 5.74) is 4.03. The van der Waals surface area contributed by atoms with Gasteiger partial charge in [-0.05, 0) is 36.5 Å². The van der Waals surface area contributed by atoms with Crippen LogP contribution in [0.15, 0.2) is 12.1 Å². The molecular formula is C15H24N2O3. The first-order valence-corrected chi connectivity index (χ1v) is 7.01. The zero-order valence-electron chi connectivity index (χ0n) is 12.4. The number of rotatable bonds is 6. The number of nitrogens with two attached hydrogens (primary N) is 1. The molecule has 0 heterocycles. The summed E-state index contributed by atoms with van der Waals surface area (Å²) in [5, 5.41) is 0. The molecule has 0 radical (unpaired) electrons. The zero-order valence-corrected chi connectivity index (χ0v) is 12.4. The smallest absolute Gasteiger partial charge is 0.203 e. The third-order valence-electron chi connectivity index (χ3n) is 4.10. The lowest BCUT2D eigenvalue weighted by molar-refractivity contribution is 0.319. The lowest BCUT2D eigenvalue weighted by Gasteiger charge is -2.24. The highest BCUT2D eigenvalue weighted by molar-refractivity contribution is 5.54. The molecule has 112 valence electrons. The van der Waals surface area contributed by atoms with Crippen LogP contribution in [0, 0.1) is 5.92 Å². The highest BCUT2D eigenvalue weighted by Gasteiger charge is 2.27. The van der Waals surface area contributed by atoms with Crippen molar-refractivity contribution in [2.24, 2.45) is 11.8 Å². The molecule has 0 aromatic heterocycles. The second kappa shape index (κ2) is 6.81. The summed E-state index contributed by atoms with van der Waals surface area (Å²) >= 11 is 0. The fraction of sp³-hybridized carbons (Fsp3) is 0.600. The summed E-state index contributed by atoms with van der Waals surface area (Å²) in [6, 6.07) is 4.07. The minimum atomic E-state index is 0.117. The Kier molecular flexibility index (Phi) is 5.09. The van der Waals surface area contributed by atoms with E-state index in [1.165, 1.54) is 25.7 Å². The first-order valence-electron chi connectivity index (χ1n) is 7.01. The summed E-state index contributed by atoms with van der Waals surface area (Å²) in [4.78, 5) is 0. The molecule has 0 saturated heterocycles. The molecule has 5 heteroatoms. The van der Waals surface area contributed by atoms with Crippen molar-refractivity contribution in [3.63, 3.8) is 0 Å². The van der Waals surface area contributed by atoms with Crippen LogP contribution in [0.25, 0.3) is 0 Å². The van der Waals surface area contributed by atoms with E-state index in [4.69, 9.17) is 20.1 Å². The number of nitrogens with one attached hydrogen (secondary N) is 1. The molecular weight excluding hydrogens is 256 g/mol. The zero-order chi connectivity index (χ0) is 14.5. The normalized spacial score (nSPS) is 17.0. The van der Waals surface area contributed by atoms with Crippen LogP contribution in [-0.4, -0.2) is 21.3 Å². The van der Waals surface area contributed by atoms with E-state index in [-0.39, 0.29) is 6.04 Å². The van der Waals surface area contributed by atoms with Gasteiger partial charge in [-0.2, -0.15) is 0 Å². The summed E-state index contributed by atoms with van der Waals surface area (Å²) in [7, 11) is 4.86. The summed E-state index contributed by atoms with van der Waals surface area (Å²) < 4.78 is 16.2. The minimum absolute atomic E-state index is 0.117. The lowest BCUT2D eigenvalue weighted by Crippen LogP contribution is -2.32. The Morgan fingerprint density at radius 3 is 2.00 bits per heavy atom. The maximum atomic E-state index is 5.78. The fourth-order valence-electron chi connectivity index (χ4n) is 3.08. The molecule has 3 N–H and O–H groups in total. The van der Waals surface area contributed by atoms with Gasteiger partial charge < -0.3 is 14.2 Å². The Morgan fingerprint density at radius 1 is 1.05 bits per heavy atom. The van der Waals surface area contributed by atoms with Crippen LogP contribution < -0.4 is 25.5 Å². The topological polar surface area (TPSA) is 65.7 Å². The van der Waals surface area contributed by atoms with E-state index >= 15 is 0 Å². The maximum Gasteiger partial charge on any atom is 0.203 e. The third kappa shape index (κ3) is 2.83. The SMILES string of the molecule is COc1cc(C(NN)C2CCCC2)cc(OC)c1OC. The maximum absolute atomic E-state index is 5.78. The Labute approximate surface area is 120 Å². The molecule has 0 bridgehead atoms. The van der Waals surface area contributed by atoms with Crippen molar-refractivity contribution in [1.29, 1.82) is 0 Å². The summed E-state index contributed by atoms with van der Waals surface area (Å²) in [6.45, 7) is 0. The van der Waals surface area contributed by atoms with Gasteiger partial charge in [0.1, 0.15) is 0 Å². The molecule has 0 spiro atoms. The lowest BCUT2D eigenvalue weighted by atomic mass is 9.91. The fourth-order valence-corrected chi connectivity index (χ4v) is 3.08. The highest BCUT2D eigenvalue weighted by atomic mass is 16.5. The third-order valence-corrected chi connectivity index (χ3v) is 4.10. The van der Waals surface area contributed by atoms with Gasteiger partial charge in [-0.15, -0.1) is 0 Å². The van der Waals surface area contributed by atoms with Crippen molar-refractivity contribution < 1.29 is 14.2 Å². The molecule has 1 atom stereocenters. The van der Waals surface area contributed by atoms with Gasteiger partial charge in [-0.3, -0.25) is 11.3 Å². The Morgan fingerprint density at radius 2 is 1.60 bits per heavy atom. The quantitative estimate of drug-likeness (QED) is 0.619. The Bertz CT molecular complexity index is 420. The van der Waals surface area contributed by atoms with Gasteiger partial charge in [0.25, 0.3) is 0 Å². The van der Waals surface area contributed by atoms with Crippen LogP contribution in [0.5, 0.6) is 17.2 Å². The average molecular weight is 280 g/mol. The molecule has 20 heavy (non-hydrogen) atoms. The van der Waals surface area contributed by atoms with Crippen molar-refractivity contribution in [2.75, 3.05) is 21.3 Å². The van der Waals surface area contributed by atoms with Crippen molar-refractivity contribution in [3.8, 4) is 17.2 Å². The van der Waals surface area contributed by atoms with E-state index in [1.807, 2.05) is 12.1 Å². The van der Waals surface area contributed by atoms with Gasteiger partial charge in [-0.1, -0.05) is 12.8 Å². The van der Waals surface area contributed by atoms with Gasteiger partial charge in [0.2, 0.25) is 5.75 Å². The Balaban J connectivity index is 2.39. The van der Waals surface area contributed by atoms with E-state index in [2.05, 4.69) is 5.43 Å².